The Morgan fingerprint density at radius 3 is 2.44 bits per heavy atom. The quantitative estimate of drug-likeness (QED) is 0.512. The summed E-state index contributed by atoms with van der Waals surface area (Å²) in [6.45, 7) is 0.843. The van der Waals surface area contributed by atoms with Crippen LogP contribution in [-0.4, -0.2) is 11.8 Å². The maximum absolute atomic E-state index is 12.7. The van der Waals surface area contributed by atoms with Crippen LogP contribution in [0.1, 0.15) is 11.1 Å². The zero-order valence-corrected chi connectivity index (χ0v) is 13.4. The third kappa shape index (κ3) is 3.21. The molecule has 0 aliphatic carbocycles. The van der Waals surface area contributed by atoms with Crippen LogP contribution in [0.2, 0.25) is 5.82 Å². The van der Waals surface area contributed by atoms with Gasteiger partial charge in [-0.25, -0.2) is 4.57 Å². The molecule has 126 valence electrons. The molecular weight excluding hydrogens is 324 g/mol. The first kappa shape index (κ1) is 16.0. The summed E-state index contributed by atoms with van der Waals surface area (Å²) in [5, 5.41) is 0. The van der Waals surface area contributed by atoms with Gasteiger partial charge in [0.05, 0.1) is 12.1 Å². The minimum absolute atomic E-state index is 0.280. The molecule has 2 radical (unpaired) electrons. The molecule has 1 aliphatic rings. The first-order chi connectivity index (χ1) is 12.0. The Kier molecular flexibility index (Phi) is 3.90. The SMILES string of the molecule is FC(F)(F)c1ccc(C[C@H]2[B-]c3n(-c4ccccc4)cc[n+]3C2)cc1. The number of fused-ring (bicyclic) bond motifs is 1. The van der Waals surface area contributed by atoms with Gasteiger partial charge in [-0.3, -0.25) is 4.57 Å². The Morgan fingerprint density at radius 2 is 1.76 bits per heavy atom. The number of aromatic nitrogens is 2. The number of benzene rings is 2. The highest BCUT2D eigenvalue weighted by atomic mass is 19.4. The van der Waals surface area contributed by atoms with E-state index in [0.717, 1.165) is 42.1 Å². The topological polar surface area (TPSA) is 8.81 Å². The van der Waals surface area contributed by atoms with Gasteiger partial charge in [-0.2, -0.15) is 26.3 Å². The van der Waals surface area contributed by atoms with Crippen molar-refractivity contribution >= 4 is 13.0 Å². The van der Waals surface area contributed by atoms with Crippen molar-refractivity contribution < 1.29 is 17.7 Å². The van der Waals surface area contributed by atoms with Crippen LogP contribution in [0.5, 0.6) is 0 Å². The Bertz CT molecular complexity index is 870. The highest BCUT2D eigenvalue weighted by molar-refractivity contribution is 6.53. The maximum atomic E-state index is 12.7. The monoisotopic (exact) mass is 340 g/mol. The van der Waals surface area contributed by atoms with E-state index in [9.17, 15) is 13.2 Å². The molecule has 0 bridgehead atoms. The number of para-hydroxylation sites is 1. The van der Waals surface area contributed by atoms with Crippen LogP contribution >= 0.6 is 0 Å². The fourth-order valence-electron chi connectivity index (χ4n) is 3.35. The highest BCUT2D eigenvalue weighted by Crippen LogP contribution is 2.29. The first-order valence-corrected chi connectivity index (χ1v) is 8.18. The lowest BCUT2D eigenvalue weighted by molar-refractivity contribution is -0.673. The second-order valence-corrected chi connectivity index (χ2v) is 6.34. The summed E-state index contributed by atoms with van der Waals surface area (Å²) in [5.41, 5.74) is 2.54. The van der Waals surface area contributed by atoms with E-state index in [-0.39, 0.29) is 5.82 Å². The molecule has 0 amide bonds. The van der Waals surface area contributed by atoms with Crippen molar-refractivity contribution in [2.45, 2.75) is 25.0 Å². The Morgan fingerprint density at radius 1 is 1.04 bits per heavy atom. The summed E-state index contributed by atoms with van der Waals surface area (Å²) in [7, 11) is 2.20. The van der Waals surface area contributed by atoms with Gasteiger partial charge in [0.25, 0.3) is 0 Å². The predicted octanol–water partition coefficient (Wildman–Crippen LogP) is 3.16. The van der Waals surface area contributed by atoms with E-state index < -0.39 is 11.7 Å². The summed E-state index contributed by atoms with van der Waals surface area (Å²) in [4.78, 5) is 0. The van der Waals surface area contributed by atoms with E-state index in [4.69, 9.17) is 0 Å². The molecule has 6 heteroatoms. The molecule has 4 rings (SSSR count). The molecule has 2 nitrogen and oxygen atoms in total. The minimum atomic E-state index is -4.28. The zero-order valence-electron chi connectivity index (χ0n) is 13.4. The van der Waals surface area contributed by atoms with Gasteiger partial charge in [0.15, 0.2) is 0 Å². The zero-order chi connectivity index (χ0) is 17.4. The molecule has 1 atom stereocenters. The lowest BCUT2D eigenvalue weighted by atomic mass is 9.64. The molecule has 2 heterocycles. The predicted molar refractivity (Wildman–Crippen MR) is 90.3 cm³/mol. The van der Waals surface area contributed by atoms with Gasteiger partial charge >= 0.3 is 6.18 Å². The molecule has 0 spiro atoms. The van der Waals surface area contributed by atoms with Gasteiger partial charge in [-0.05, 0) is 24.3 Å². The van der Waals surface area contributed by atoms with E-state index in [1.54, 1.807) is 12.1 Å². The lowest BCUT2D eigenvalue weighted by Gasteiger charge is -2.17. The molecule has 0 unspecified atom stereocenters. The van der Waals surface area contributed by atoms with Crippen LogP contribution in [0.3, 0.4) is 0 Å². The smallest absolute Gasteiger partial charge is 0.280 e. The number of nitrogens with zero attached hydrogens (tertiary/aromatic N) is 2. The molecule has 0 fully saturated rings. The van der Waals surface area contributed by atoms with Gasteiger partial charge < -0.3 is 0 Å². The number of alkyl halides is 3. The van der Waals surface area contributed by atoms with Crippen LogP contribution in [0.25, 0.3) is 5.69 Å². The molecule has 1 aromatic heterocycles. The van der Waals surface area contributed by atoms with Crippen LogP contribution in [0.4, 0.5) is 13.2 Å². The summed E-state index contributed by atoms with van der Waals surface area (Å²) < 4.78 is 42.3. The van der Waals surface area contributed by atoms with Crippen molar-refractivity contribution in [2.75, 3.05) is 0 Å². The van der Waals surface area contributed by atoms with Crippen LogP contribution in [0, 0.1) is 0 Å². The van der Waals surface area contributed by atoms with Gasteiger partial charge in [-0.1, -0.05) is 42.3 Å². The number of hydrogen-bond acceptors (Lipinski definition) is 0. The van der Waals surface area contributed by atoms with Crippen LogP contribution in [0.15, 0.2) is 67.0 Å². The van der Waals surface area contributed by atoms with Gasteiger partial charge in [0, 0.05) is 5.72 Å². The number of halogens is 3. The fraction of sp³-hybridized carbons (Fsp3) is 0.211. The largest absolute Gasteiger partial charge is 0.416 e. The molecule has 3 aromatic rings. The molecule has 0 saturated heterocycles. The number of hydrogen-bond donors (Lipinski definition) is 0. The molecular formula is C19H16BF3N2. The van der Waals surface area contributed by atoms with E-state index >= 15 is 0 Å². The maximum Gasteiger partial charge on any atom is 0.416 e. The Balaban J connectivity index is 1.48. The van der Waals surface area contributed by atoms with Crippen molar-refractivity contribution in [2.24, 2.45) is 0 Å². The average Bonchev–Trinajstić information content (AvgIpc) is 3.15. The van der Waals surface area contributed by atoms with Crippen LogP contribution in [-0.2, 0) is 19.1 Å². The minimum Gasteiger partial charge on any atom is -0.280 e. The molecule has 2 aromatic carbocycles. The molecule has 0 saturated carbocycles. The normalized spacial score (nSPS) is 16.8. The first-order valence-electron chi connectivity index (χ1n) is 8.18. The number of imidazole rings is 1. The third-order valence-corrected chi connectivity index (χ3v) is 4.57. The fourth-order valence-corrected chi connectivity index (χ4v) is 3.35. The summed E-state index contributed by atoms with van der Waals surface area (Å²) in [5.74, 6) is 0.280. The van der Waals surface area contributed by atoms with E-state index in [2.05, 4.69) is 28.5 Å². The molecule has 1 aliphatic heterocycles. The Labute approximate surface area is 144 Å². The summed E-state index contributed by atoms with van der Waals surface area (Å²) in [6.07, 6.45) is 0.535. The van der Waals surface area contributed by atoms with Crippen molar-refractivity contribution in [3.63, 3.8) is 0 Å². The van der Waals surface area contributed by atoms with Crippen molar-refractivity contribution in [3.05, 3.63) is 78.1 Å². The van der Waals surface area contributed by atoms with E-state index in [1.165, 1.54) is 0 Å². The van der Waals surface area contributed by atoms with Gasteiger partial charge in [0.2, 0.25) is 0 Å². The molecule has 25 heavy (non-hydrogen) atoms. The molecule has 0 N–H and O–H groups in total. The average molecular weight is 340 g/mol. The summed E-state index contributed by atoms with van der Waals surface area (Å²) >= 11 is 0. The second kappa shape index (κ2) is 6.10. The van der Waals surface area contributed by atoms with E-state index in [1.807, 2.05) is 30.6 Å². The van der Waals surface area contributed by atoms with Crippen molar-refractivity contribution in [3.8, 4) is 5.69 Å². The van der Waals surface area contributed by atoms with Gasteiger partial charge in [-0.15, -0.1) is 0 Å². The van der Waals surface area contributed by atoms with Crippen molar-refractivity contribution in [1.82, 2.24) is 4.57 Å². The van der Waals surface area contributed by atoms with Crippen molar-refractivity contribution in [1.29, 1.82) is 0 Å². The van der Waals surface area contributed by atoms with E-state index in [0.29, 0.717) is 0 Å². The Hall–Kier alpha value is -2.50. The van der Waals surface area contributed by atoms with Gasteiger partial charge in [0.1, 0.15) is 18.1 Å². The standard InChI is InChI=1S/C19H16BF3N2/c21-19(22,23)15-8-6-14(7-9-15)12-16-13-24-10-11-25(18(24)20-16)17-4-2-1-3-5-17/h1-11,16H,12-13H2/t16-/m1/s1. The highest BCUT2D eigenvalue weighted by Gasteiger charge is 2.30. The summed E-state index contributed by atoms with van der Waals surface area (Å²) in [6, 6.07) is 15.6. The lowest BCUT2D eigenvalue weighted by Crippen LogP contribution is -2.45. The second-order valence-electron chi connectivity index (χ2n) is 6.34. The third-order valence-electron chi connectivity index (χ3n) is 4.57. The number of rotatable bonds is 3. The van der Waals surface area contributed by atoms with Crippen LogP contribution < -0.4 is 10.3 Å².